The first kappa shape index (κ1) is 18.1. The zero-order chi connectivity index (χ0) is 13.7. The maximum absolute atomic E-state index is 6.22. The third-order valence-corrected chi connectivity index (χ3v) is 5.19. The summed E-state index contributed by atoms with van der Waals surface area (Å²) in [6.45, 7) is 8.03. The summed E-state index contributed by atoms with van der Waals surface area (Å²) in [6, 6.07) is 0. The lowest BCUT2D eigenvalue weighted by molar-refractivity contribution is -0.152. The topological polar surface area (TPSA) is 9.23 Å². The van der Waals surface area contributed by atoms with Crippen LogP contribution in [0.15, 0.2) is 0 Å². The van der Waals surface area contributed by atoms with Crippen molar-refractivity contribution in [2.45, 2.75) is 74.3 Å². The molecule has 1 nitrogen and oxygen atoms in total. The van der Waals surface area contributed by atoms with Gasteiger partial charge in [0.2, 0.25) is 0 Å². The number of hydrogen-bond donors (Lipinski definition) is 0. The Labute approximate surface area is 125 Å². The minimum atomic E-state index is -0.595. The van der Waals surface area contributed by atoms with E-state index in [0.29, 0.717) is 0 Å². The van der Waals surface area contributed by atoms with Crippen LogP contribution in [0.2, 0.25) is 0 Å². The van der Waals surface area contributed by atoms with Gasteiger partial charge in [0.25, 0.3) is 0 Å². The first-order valence-electron chi connectivity index (χ1n) is 6.10. The number of ether oxygens (including phenoxy) is 1. The summed E-state index contributed by atoms with van der Waals surface area (Å²) in [5.74, 6) is 0. The lowest BCUT2D eigenvalue weighted by Gasteiger charge is -2.44. The molecule has 0 aliphatic heterocycles. The highest BCUT2D eigenvalue weighted by atomic mass is 35.5. The summed E-state index contributed by atoms with van der Waals surface area (Å²) >= 11 is 24.3. The summed E-state index contributed by atoms with van der Waals surface area (Å²) in [5, 5.41) is 0. The molecular weight excluding hydrogens is 302 g/mol. The monoisotopic (exact) mass is 322 g/mol. The fraction of sp³-hybridized carbons (Fsp3) is 1.00. The van der Waals surface area contributed by atoms with Gasteiger partial charge in [-0.1, -0.05) is 27.7 Å². The van der Waals surface area contributed by atoms with Crippen LogP contribution in [0.3, 0.4) is 0 Å². The molecule has 0 aromatic heterocycles. The van der Waals surface area contributed by atoms with Crippen molar-refractivity contribution in [2.75, 3.05) is 0 Å². The molecule has 0 aliphatic rings. The van der Waals surface area contributed by atoms with Crippen LogP contribution in [0.5, 0.6) is 0 Å². The molecule has 0 aromatic rings. The van der Waals surface area contributed by atoms with Crippen LogP contribution in [0.25, 0.3) is 0 Å². The van der Waals surface area contributed by atoms with E-state index in [2.05, 4.69) is 0 Å². The third-order valence-electron chi connectivity index (χ3n) is 3.60. The number of alkyl halides is 4. The van der Waals surface area contributed by atoms with Crippen molar-refractivity contribution in [1.82, 2.24) is 0 Å². The molecule has 0 radical (unpaired) electrons. The van der Waals surface area contributed by atoms with E-state index in [9.17, 15) is 0 Å². The third kappa shape index (κ3) is 4.04. The van der Waals surface area contributed by atoms with Gasteiger partial charge in [-0.05, 0) is 25.7 Å². The Balaban J connectivity index is 5.18. The molecule has 17 heavy (non-hydrogen) atoms. The molecule has 0 spiro atoms. The molecule has 0 aromatic carbocycles. The Morgan fingerprint density at radius 1 is 0.706 bits per heavy atom. The molecule has 0 fully saturated rings. The second-order valence-electron chi connectivity index (χ2n) is 4.25. The highest BCUT2D eigenvalue weighted by Gasteiger charge is 2.45. The van der Waals surface area contributed by atoms with Crippen LogP contribution < -0.4 is 0 Å². The highest BCUT2D eigenvalue weighted by Crippen LogP contribution is 2.41. The molecular formula is C12H22Cl4O. The van der Waals surface area contributed by atoms with Gasteiger partial charge >= 0.3 is 0 Å². The van der Waals surface area contributed by atoms with Gasteiger partial charge in [0.15, 0.2) is 0 Å². The SMILES string of the molecule is CCC(CC)(OC(CC)(CC)C(Cl)Cl)C(Cl)Cl. The van der Waals surface area contributed by atoms with E-state index < -0.39 is 20.9 Å². The maximum atomic E-state index is 6.22. The van der Waals surface area contributed by atoms with E-state index in [0.717, 1.165) is 25.7 Å². The van der Waals surface area contributed by atoms with E-state index in [1.54, 1.807) is 0 Å². The van der Waals surface area contributed by atoms with Gasteiger partial charge in [0.1, 0.15) is 9.67 Å². The second kappa shape index (κ2) is 7.65. The first-order valence-corrected chi connectivity index (χ1v) is 7.85. The smallest absolute Gasteiger partial charge is 0.136 e. The lowest BCUT2D eigenvalue weighted by atomic mass is 9.93. The predicted octanol–water partition coefficient (Wildman–Crippen LogP) is 5.73. The summed E-state index contributed by atoms with van der Waals surface area (Å²) in [5.41, 5.74) is -1.17. The van der Waals surface area contributed by atoms with E-state index in [1.165, 1.54) is 0 Å². The standard InChI is InChI=1S/C12H22Cl4O/c1-5-11(6-2,9(13)14)17-12(7-3,8-4)10(15)16/h9-10H,5-8H2,1-4H3. The van der Waals surface area contributed by atoms with Crippen molar-refractivity contribution in [3.8, 4) is 0 Å². The van der Waals surface area contributed by atoms with Crippen LogP contribution in [0.1, 0.15) is 53.4 Å². The van der Waals surface area contributed by atoms with Gasteiger partial charge in [-0.25, -0.2) is 0 Å². The minimum absolute atomic E-state index is 0.586. The summed E-state index contributed by atoms with van der Waals surface area (Å²) in [4.78, 5) is -1.19. The van der Waals surface area contributed by atoms with E-state index in [1.807, 2.05) is 27.7 Å². The fourth-order valence-corrected chi connectivity index (χ4v) is 3.31. The van der Waals surface area contributed by atoms with Crippen LogP contribution in [-0.4, -0.2) is 20.9 Å². The molecule has 0 unspecified atom stereocenters. The van der Waals surface area contributed by atoms with Crippen molar-refractivity contribution in [1.29, 1.82) is 0 Å². The molecule has 0 saturated carbocycles. The molecule has 0 saturated heterocycles. The zero-order valence-electron chi connectivity index (χ0n) is 10.9. The van der Waals surface area contributed by atoms with Crippen molar-refractivity contribution >= 4 is 46.4 Å². The van der Waals surface area contributed by atoms with E-state index in [4.69, 9.17) is 51.1 Å². The van der Waals surface area contributed by atoms with Crippen LogP contribution in [-0.2, 0) is 4.74 Å². The van der Waals surface area contributed by atoms with Gasteiger partial charge in [-0.15, -0.1) is 46.4 Å². The van der Waals surface area contributed by atoms with Crippen molar-refractivity contribution in [3.05, 3.63) is 0 Å². The molecule has 0 heterocycles. The Kier molecular flexibility index (Phi) is 8.15. The quantitative estimate of drug-likeness (QED) is 0.518. The summed E-state index contributed by atoms with van der Waals surface area (Å²) in [7, 11) is 0. The fourth-order valence-electron chi connectivity index (χ4n) is 1.90. The molecule has 0 N–H and O–H groups in total. The molecule has 0 aliphatic carbocycles. The van der Waals surface area contributed by atoms with Crippen LogP contribution in [0.4, 0.5) is 0 Å². The molecule has 5 heteroatoms. The summed E-state index contributed by atoms with van der Waals surface area (Å²) < 4.78 is 6.22. The molecule has 0 atom stereocenters. The van der Waals surface area contributed by atoms with Gasteiger partial charge in [-0.2, -0.15) is 0 Å². The van der Waals surface area contributed by atoms with Crippen molar-refractivity contribution in [2.24, 2.45) is 0 Å². The van der Waals surface area contributed by atoms with Gasteiger partial charge < -0.3 is 4.74 Å². The minimum Gasteiger partial charge on any atom is -0.363 e. The first-order chi connectivity index (χ1) is 7.84. The molecule has 104 valence electrons. The normalized spacial score (nSPS) is 13.8. The number of hydrogen-bond acceptors (Lipinski definition) is 1. The number of halogens is 4. The Morgan fingerprint density at radius 2 is 0.941 bits per heavy atom. The molecule has 0 rings (SSSR count). The van der Waals surface area contributed by atoms with Crippen LogP contribution in [0, 0.1) is 0 Å². The second-order valence-corrected chi connectivity index (χ2v) is 6.44. The van der Waals surface area contributed by atoms with Gasteiger partial charge in [0, 0.05) is 0 Å². The predicted molar refractivity (Wildman–Crippen MR) is 78.7 cm³/mol. The molecule has 0 amide bonds. The van der Waals surface area contributed by atoms with Crippen LogP contribution >= 0.6 is 46.4 Å². The zero-order valence-corrected chi connectivity index (χ0v) is 13.9. The Bertz CT molecular complexity index is 189. The Hall–Kier alpha value is 1.12. The van der Waals surface area contributed by atoms with Gasteiger partial charge in [0.05, 0.1) is 11.2 Å². The number of rotatable bonds is 8. The van der Waals surface area contributed by atoms with Crippen molar-refractivity contribution in [3.63, 3.8) is 0 Å². The average molecular weight is 324 g/mol. The average Bonchev–Trinajstić information content (AvgIpc) is 2.31. The van der Waals surface area contributed by atoms with E-state index in [-0.39, 0.29) is 0 Å². The lowest BCUT2D eigenvalue weighted by Crippen LogP contribution is -2.50. The van der Waals surface area contributed by atoms with Gasteiger partial charge in [-0.3, -0.25) is 0 Å². The van der Waals surface area contributed by atoms with E-state index >= 15 is 0 Å². The largest absolute Gasteiger partial charge is 0.363 e. The Morgan fingerprint density at radius 3 is 1.06 bits per heavy atom. The molecule has 0 bridgehead atoms. The summed E-state index contributed by atoms with van der Waals surface area (Å²) in [6.07, 6.45) is 2.90. The van der Waals surface area contributed by atoms with Crippen molar-refractivity contribution < 1.29 is 4.74 Å². The maximum Gasteiger partial charge on any atom is 0.136 e. The highest BCUT2D eigenvalue weighted by molar-refractivity contribution is 6.45.